The molecule has 1 aromatic rings. The fourth-order valence-electron chi connectivity index (χ4n) is 1.14. The fourth-order valence-corrected chi connectivity index (χ4v) is 1.14. The van der Waals surface area contributed by atoms with Crippen molar-refractivity contribution in [2.24, 2.45) is 0 Å². The summed E-state index contributed by atoms with van der Waals surface area (Å²) in [7, 11) is 3.43. The van der Waals surface area contributed by atoms with Crippen molar-refractivity contribution in [3.63, 3.8) is 0 Å². The van der Waals surface area contributed by atoms with Crippen LogP contribution in [0.1, 0.15) is 0 Å². The highest BCUT2D eigenvalue weighted by Crippen LogP contribution is 2.24. The lowest BCUT2D eigenvalue weighted by Crippen LogP contribution is -2.18. The molecule has 0 amide bonds. The third kappa shape index (κ3) is 2.88. The molecule has 1 rings (SSSR count). The van der Waals surface area contributed by atoms with E-state index in [9.17, 15) is 4.39 Å². The lowest BCUT2D eigenvalue weighted by Gasteiger charge is -2.10. The topological polar surface area (TPSA) is 33.3 Å². The smallest absolute Gasteiger partial charge is 0.142 e. The van der Waals surface area contributed by atoms with Gasteiger partial charge < -0.3 is 15.4 Å². The molecule has 0 aromatic heterocycles. The van der Waals surface area contributed by atoms with Gasteiger partial charge in [0.25, 0.3) is 0 Å². The van der Waals surface area contributed by atoms with Gasteiger partial charge in [-0.3, -0.25) is 0 Å². The van der Waals surface area contributed by atoms with Crippen molar-refractivity contribution in [1.82, 2.24) is 5.32 Å². The number of rotatable bonds is 5. The van der Waals surface area contributed by atoms with E-state index in [1.54, 1.807) is 13.2 Å². The third-order valence-electron chi connectivity index (χ3n) is 1.85. The fraction of sp³-hybridized carbons (Fsp3) is 0.400. The number of likely N-dealkylation sites (N-methyl/N-ethyl adjacent to an activating group) is 1. The van der Waals surface area contributed by atoms with Gasteiger partial charge in [0.05, 0.1) is 12.8 Å². The molecule has 14 heavy (non-hydrogen) atoms. The largest absolute Gasteiger partial charge is 0.495 e. The molecule has 0 radical (unpaired) electrons. The summed E-state index contributed by atoms with van der Waals surface area (Å²) in [5.74, 6) is 0.389. The molecule has 2 N–H and O–H groups in total. The predicted octanol–water partition coefficient (Wildman–Crippen LogP) is 1.47. The Bertz CT molecular complexity index is 291. The van der Waals surface area contributed by atoms with Crippen LogP contribution in [-0.2, 0) is 0 Å². The van der Waals surface area contributed by atoms with E-state index in [1.165, 1.54) is 12.1 Å². The zero-order valence-electron chi connectivity index (χ0n) is 8.43. The molecule has 0 bridgehead atoms. The second kappa shape index (κ2) is 5.44. The van der Waals surface area contributed by atoms with Crippen molar-refractivity contribution in [2.75, 3.05) is 32.6 Å². The van der Waals surface area contributed by atoms with Crippen LogP contribution < -0.4 is 15.4 Å². The van der Waals surface area contributed by atoms with Crippen molar-refractivity contribution < 1.29 is 9.13 Å². The molecule has 0 fully saturated rings. The maximum absolute atomic E-state index is 12.9. The molecule has 0 aliphatic rings. The number of anilines is 1. The second-order valence-corrected chi connectivity index (χ2v) is 2.87. The van der Waals surface area contributed by atoms with Gasteiger partial charge in [-0.25, -0.2) is 4.39 Å². The maximum atomic E-state index is 12.9. The van der Waals surface area contributed by atoms with Crippen LogP contribution in [0.15, 0.2) is 18.2 Å². The Labute approximate surface area is 83.3 Å². The van der Waals surface area contributed by atoms with Crippen LogP contribution in [0.4, 0.5) is 10.1 Å². The summed E-state index contributed by atoms with van der Waals surface area (Å²) in [4.78, 5) is 0. The Hall–Kier alpha value is -1.29. The molecule has 0 aliphatic heterocycles. The SMILES string of the molecule is CNCCNc1cc(F)ccc1OC. The first-order valence-corrected chi connectivity index (χ1v) is 4.50. The van der Waals surface area contributed by atoms with Gasteiger partial charge in [-0.1, -0.05) is 0 Å². The molecule has 78 valence electrons. The molecule has 0 spiro atoms. The minimum Gasteiger partial charge on any atom is -0.495 e. The number of hydrogen-bond acceptors (Lipinski definition) is 3. The van der Waals surface area contributed by atoms with Gasteiger partial charge in [-0.05, 0) is 19.2 Å². The molecule has 0 unspecified atom stereocenters. The molecule has 1 aromatic carbocycles. The summed E-state index contributed by atoms with van der Waals surface area (Å²) in [6.45, 7) is 1.55. The van der Waals surface area contributed by atoms with Crippen LogP contribution in [0.25, 0.3) is 0 Å². The Balaban J connectivity index is 2.67. The summed E-state index contributed by atoms with van der Waals surface area (Å²) in [6, 6.07) is 4.41. The predicted molar refractivity (Wildman–Crippen MR) is 55.4 cm³/mol. The van der Waals surface area contributed by atoms with E-state index in [0.717, 1.165) is 13.1 Å². The van der Waals surface area contributed by atoms with Gasteiger partial charge in [-0.2, -0.15) is 0 Å². The maximum Gasteiger partial charge on any atom is 0.142 e. The number of benzene rings is 1. The van der Waals surface area contributed by atoms with Gasteiger partial charge in [0.1, 0.15) is 11.6 Å². The van der Waals surface area contributed by atoms with Crippen LogP contribution in [0.3, 0.4) is 0 Å². The molecular weight excluding hydrogens is 183 g/mol. The minimum atomic E-state index is -0.266. The van der Waals surface area contributed by atoms with E-state index < -0.39 is 0 Å². The third-order valence-corrected chi connectivity index (χ3v) is 1.85. The van der Waals surface area contributed by atoms with Gasteiger partial charge in [0.2, 0.25) is 0 Å². The zero-order valence-corrected chi connectivity index (χ0v) is 8.43. The molecule has 4 heteroatoms. The lowest BCUT2D eigenvalue weighted by molar-refractivity contribution is 0.415. The number of nitrogens with one attached hydrogen (secondary N) is 2. The van der Waals surface area contributed by atoms with Gasteiger partial charge in [0.15, 0.2) is 0 Å². The van der Waals surface area contributed by atoms with Gasteiger partial charge in [0, 0.05) is 19.2 Å². The molecule has 0 heterocycles. The van der Waals surface area contributed by atoms with Crippen LogP contribution in [-0.4, -0.2) is 27.2 Å². The minimum absolute atomic E-state index is 0.266. The number of halogens is 1. The van der Waals surface area contributed by atoms with Crippen molar-refractivity contribution >= 4 is 5.69 Å². The Kier molecular flexibility index (Phi) is 4.19. The molecule has 0 atom stereocenters. The quantitative estimate of drug-likeness (QED) is 0.703. The average molecular weight is 198 g/mol. The summed E-state index contributed by atoms with van der Waals surface area (Å²) >= 11 is 0. The highest BCUT2D eigenvalue weighted by atomic mass is 19.1. The standard InChI is InChI=1S/C10H15FN2O/c1-12-5-6-13-9-7-8(11)3-4-10(9)14-2/h3-4,7,12-13H,5-6H2,1-2H3. The summed E-state index contributed by atoms with van der Waals surface area (Å²) in [5.41, 5.74) is 0.683. The van der Waals surface area contributed by atoms with E-state index in [2.05, 4.69) is 10.6 Å². The highest BCUT2D eigenvalue weighted by molar-refractivity contribution is 5.56. The van der Waals surface area contributed by atoms with Crippen molar-refractivity contribution in [3.05, 3.63) is 24.0 Å². The number of methoxy groups -OCH3 is 1. The monoisotopic (exact) mass is 198 g/mol. The Morgan fingerprint density at radius 2 is 2.14 bits per heavy atom. The van der Waals surface area contributed by atoms with Crippen molar-refractivity contribution in [2.45, 2.75) is 0 Å². The van der Waals surface area contributed by atoms with Gasteiger partial charge >= 0.3 is 0 Å². The first-order chi connectivity index (χ1) is 6.77. The van der Waals surface area contributed by atoms with Crippen LogP contribution in [0.2, 0.25) is 0 Å². The van der Waals surface area contributed by atoms with E-state index >= 15 is 0 Å². The molecular formula is C10H15FN2O. The van der Waals surface area contributed by atoms with E-state index in [4.69, 9.17) is 4.74 Å². The van der Waals surface area contributed by atoms with E-state index in [-0.39, 0.29) is 5.82 Å². The summed E-state index contributed by atoms with van der Waals surface area (Å²) in [6.07, 6.45) is 0. The number of hydrogen-bond donors (Lipinski definition) is 2. The lowest BCUT2D eigenvalue weighted by atomic mass is 10.3. The van der Waals surface area contributed by atoms with Crippen molar-refractivity contribution in [3.8, 4) is 5.75 Å². The van der Waals surface area contributed by atoms with Crippen LogP contribution in [0, 0.1) is 5.82 Å². The molecule has 3 nitrogen and oxygen atoms in total. The van der Waals surface area contributed by atoms with Gasteiger partial charge in [-0.15, -0.1) is 0 Å². The first-order valence-electron chi connectivity index (χ1n) is 4.50. The normalized spacial score (nSPS) is 9.93. The van der Waals surface area contributed by atoms with Crippen LogP contribution >= 0.6 is 0 Å². The first kappa shape index (κ1) is 10.8. The second-order valence-electron chi connectivity index (χ2n) is 2.87. The summed E-state index contributed by atoms with van der Waals surface area (Å²) < 4.78 is 18.0. The molecule has 0 saturated heterocycles. The molecule has 0 aliphatic carbocycles. The number of ether oxygens (including phenoxy) is 1. The Morgan fingerprint density at radius 3 is 2.79 bits per heavy atom. The van der Waals surface area contributed by atoms with Crippen molar-refractivity contribution in [1.29, 1.82) is 0 Å². The van der Waals surface area contributed by atoms with Crippen LogP contribution in [0.5, 0.6) is 5.75 Å². The summed E-state index contributed by atoms with van der Waals surface area (Å²) in [5, 5.41) is 6.07. The van der Waals surface area contributed by atoms with E-state index in [0.29, 0.717) is 11.4 Å². The zero-order chi connectivity index (χ0) is 10.4. The Morgan fingerprint density at radius 1 is 1.36 bits per heavy atom. The average Bonchev–Trinajstić information content (AvgIpc) is 2.19. The van der Waals surface area contributed by atoms with E-state index in [1.807, 2.05) is 7.05 Å². The molecule has 0 saturated carbocycles. The highest BCUT2D eigenvalue weighted by Gasteiger charge is 2.02.